The number of hydrogen-bond donors (Lipinski definition) is 0. The van der Waals surface area contributed by atoms with E-state index in [0.29, 0.717) is 0 Å². The van der Waals surface area contributed by atoms with Crippen LogP contribution in [-0.4, -0.2) is 11.7 Å². The molecule has 38 valence electrons. The fraction of sp³-hybridized carbons (Fsp3) is 0.750. The summed E-state index contributed by atoms with van der Waals surface area (Å²) in [5, 5.41) is 0. The maximum absolute atomic E-state index is 3.90. The lowest BCUT2D eigenvalue weighted by atomic mass is 10.5. The van der Waals surface area contributed by atoms with Crippen molar-refractivity contribution in [3.05, 3.63) is 0 Å². The quantitative estimate of drug-likeness (QED) is 0.453. The number of hydrogen-bond acceptors (Lipinski definition) is 2. The molecule has 2 aliphatic rings. The molecule has 1 fully saturated rings. The second-order valence-corrected chi connectivity index (χ2v) is 1.81. The van der Waals surface area contributed by atoms with E-state index in [1.54, 1.807) is 0 Å². The molecule has 0 bridgehead atoms. The summed E-state index contributed by atoms with van der Waals surface area (Å²) < 4.78 is 0. The molecule has 0 atom stereocenters. The third-order valence-electron chi connectivity index (χ3n) is 1.21. The second-order valence-electron chi connectivity index (χ2n) is 1.81. The van der Waals surface area contributed by atoms with E-state index in [4.69, 9.17) is 0 Å². The van der Waals surface area contributed by atoms with Gasteiger partial charge in [-0.15, -0.1) is 12.4 Å². The van der Waals surface area contributed by atoms with E-state index in [9.17, 15) is 0 Å². The summed E-state index contributed by atoms with van der Waals surface area (Å²) in [7, 11) is 0. The van der Waals surface area contributed by atoms with Crippen molar-refractivity contribution in [2.45, 2.75) is 18.5 Å². The summed E-state index contributed by atoms with van der Waals surface area (Å²) in [4.78, 5) is 7.79. The van der Waals surface area contributed by atoms with Crippen LogP contribution in [0.3, 0.4) is 0 Å². The molecule has 0 aromatic carbocycles. The highest BCUT2D eigenvalue weighted by Gasteiger charge is 2.45. The molecule has 1 aliphatic carbocycles. The zero-order valence-corrected chi connectivity index (χ0v) is 4.53. The van der Waals surface area contributed by atoms with E-state index >= 15 is 0 Å². The van der Waals surface area contributed by atoms with Crippen molar-refractivity contribution < 1.29 is 0 Å². The first kappa shape index (κ1) is 4.82. The summed E-state index contributed by atoms with van der Waals surface area (Å²) in [5.74, 6) is 0. The molecule has 1 saturated carbocycles. The van der Waals surface area contributed by atoms with Gasteiger partial charge in [0.15, 0.2) is 5.66 Å². The van der Waals surface area contributed by atoms with E-state index in [1.165, 1.54) is 12.8 Å². The van der Waals surface area contributed by atoms with E-state index in [2.05, 4.69) is 16.0 Å². The zero-order valence-electron chi connectivity index (χ0n) is 3.72. The molecule has 2 rings (SSSR count). The van der Waals surface area contributed by atoms with Crippen molar-refractivity contribution in [2.75, 3.05) is 0 Å². The van der Waals surface area contributed by atoms with Gasteiger partial charge in [0.2, 0.25) is 0 Å². The molecule has 0 radical (unpaired) electrons. The summed E-state index contributed by atoms with van der Waals surface area (Å²) in [6.45, 7) is 0. The van der Waals surface area contributed by atoms with Crippen LogP contribution in [0.4, 0.5) is 0 Å². The van der Waals surface area contributed by atoms with Gasteiger partial charge in [-0.05, 0) is 12.8 Å². The lowest BCUT2D eigenvalue weighted by molar-refractivity contribution is 0.692. The summed E-state index contributed by atoms with van der Waals surface area (Å²) in [5.41, 5.74) is 0.111. The van der Waals surface area contributed by atoms with Crippen LogP contribution in [0.15, 0.2) is 9.98 Å². The zero-order chi connectivity index (χ0) is 4.04. The minimum Gasteiger partial charge on any atom is -0.194 e. The topological polar surface area (TPSA) is 24.7 Å². The smallest absolute Gasteiger partial charge is 0.171 e. The Morgan fingerprint density at radius 3 is 1.86 bits per heavy atom. The molecule has 0 saturated heterocycles. The summed E-state index contributed by atoms with van der Waals surface area (Å²) >= 11 is 0. The molecular weight excluding hydrogens is 112 g/mol. The maximum Gasteiger partial charge on any atom is 0.171 e. The Morgan fingerprint density at radius 1 is 1.29 bits per heavy atom. The Hall–Kier alpha value is -0.330. The molecule has 0 aromatic heterocycles. The fourth-order valence-electron chi connectivity index (χ4n) is 0.527. The monoisotopic (exact) mass is 116 g/mol. The third-order valence-corrected chi connectivity index (χ3v) is 1.21. The molecule has 2 nitrogen and oxygen atoms in total. The van der Waals surface area contributed by atoms with Crippen LogP contribution in [0.2, 0.25) is 0 Å². The van der Waals surface area contributed by atoms with Gasteiger partial charge in [-0.2, -0.15) is 9.98 Å². The Kier molecular flexibility index (Phi) is 0.748. The number of nitrogens with zero attached hydrogens (tertiary/aromatic N) is 2. The molecule has 1 heterocycles. The summed E-state index contributed by atoms with van der Waals surface area (Å²) in [6.07, 6.45) is 2.33. The van der Waals surface area contributed by atoms with Gasteiger partial charge in [0.1, 0.15) is 0 Å². The van der Waals surface area contributed by atoms with Gasteiger partial charge < -0.3 is 0 Å². The van der Waals surface area contributed by atoms with E-state index in [-0.39, 0.29) is 18.1 Å². The van der Waals surface area contributed by atoms with Crippen molar-refractivity contribution in [3.8, 4) is 0 Å². The van der Waals surface area contributed by atoms with Gasteiger partial charge in [-0.25, -0.2) is 0 Å². The minimum absolute atomic E-state index is 0. The van der Waals surface area contributed by atoms with Gasteiger partial charge in [0, 0.05) is 0 Å². The predicted molar refractivity (Wildman–Crippen MR) is 29.1 cm³/mol. The SMILES string of the molecule is C1=NC2(CC2)N=1.Cl. The van der Waals surface area contributed by atoms with Gasteiger partial charge in [-0.3, -0.25) is 0 Å². The maximum atomic E-state index is 3.90. The lowest BCUT2D eigenvalue weighted by Crippen LogP contribution is -2.04. The second kappa shape index (κ2) is 1.09. The molecule has 3 heteroatoms. The third kappa shape index (κ3) is 0.476. The highest BCUT2D eigenvalue weighted by molar-refractivity contribution is 5.85. The van der Waals surface area contributed by atoms with Crippen molar-refractivity contribution in [3.63, 3.8) is 0 Å². The van der Waals surface area contributed by atoms with Crippen molar-refractivity contribution >= 4 is 18.4 Å². The highest BCUT2D eigenvalue weighted by atomic mass is 35.5. The van der Waals surface area contributed by atoms with Crippen LogP contribution in [0, 0.1) is 0 Å². The van der Waals surface area contributed by atoms with Crippen LogP contribution in [-0.2, 0) is 0 Å². The molecule has 0 aromatic rings. The molecule has 1 spiro atoms. The van der Waals surface area contributed by atoms with Crippen LogP contribution in [0.5, 0.6) is 0 Å². The van der Waals surface area contributed by atoms with Crippen LogP contribution in [0.25, 0.3) is 0 Å². The molecular formula is C4H5ClN2. The fourth-order valence-corrected chi connectivity index (χ4v) is 0.527. The summed E-state index contributed by atoms with van der Waals surface area (Å²) in [6, 6.07) is 2.51. The minimum atomic E-state index is 0. The van der Waals surface area contributed by atoms with Crippen molar-refractivity contribution in [2.24, 2.45) is 9.98 Å². The number of halogens is 1. The average Bonchev–Trinajstić information content (AvgIpc) is 2.02. The molecule has 0 N–H and O–H groups in total. The molecule has 0 amide bonds. The van der Waals surface area contributed by atoms with E-state index < -0.39 is 0 Å². The largest absolute Gasteiger partial charge is 0.194 e. The van der Waals surface area contributed by atoms with Crippen LogP contribution < -0.4 is 0 Å². The molecule has 1 aliphatic heterocycles. The predicted octanol–water partition coefficient (Wildman–Crippen LogP) is 1.09. The van der Waals surface area contributed by atoms with Crippen molar-refractivity contribution in [1.29, 1.82) is 0 Å². The first-order chi connectivity index (χ1) is 2.91. The Balaban J connectivity index is 0.000000245. The first-order valence-corrected chi connectivity index (χ1v) is 2.10. The van der Waals surface area contributed by atoms with Gasteiger partial charge in [0.25, 0.3) is 0 Å². The van der Waals surface area contributed by atoms with E-state index in [1.807, 2.05) is 0 Å². The van der Waals surface area contributed by atoms with Gasteiger partial charge >= 0.3 is 0 Å². The normalized spacial score (nSPS) is 26.3. The van der Waals surface area contributed by atoms with Crippen LogP contribution in [0.1, 0.15) is 12.8 Å². The standard InChI is InChI=1S/C4H4N2.ClH/c1-2-4(1)5-3-6-4;/h1-2H2;1H. The van der Waals surface area contributed by atoms with E-state index in [0.717, 1.165) is 0 Å². The van der Waals surface area contributed by atoms with Crippen molar-refractivity contribution in [1.82, 2.24) is 0 Å². The molecule has 0 unspecified atom stereocenters. The first-order valence-electron chi connectivity index (χ1n) is 2.10. The Bertz CT molecular complexity index is 132. The molecule has 7 heavy (non-hydrogen) atoms. The lowest BCUT2D eigenvalue weighted by Gasteiger charge is -2.00. The Labute approximate surface area is 47.8 Å². The van der Waals surface area contributed by atoms with Crippen LogP contribution >= 0.6 is 12.4 Å². The highest BCUT2D eigenvalue weighted by Crippen LogP contribution is 2.43. The number of rotatable bonds is 0. The average molecular weight is 117 g/mol. The van der Waals surface area contributed by atoms with Gasteiger partial charge in [0.05, 0.1) is 6.01 Å². The van der Waals surface area contributed by atoms with Gasteiger partial charge in [-0.1, -0.05) is 0 Å². The Morgan fingerprint density at radius 2 is 1.86 bits per heavy atom. The number of aliphatic imine (C=N–C) groups is 2.